The van der Waals surface area contributed by atoms with Gasteiger partial charge in [-0.3, -0.25) is 19.9 Å². The number of fused-ring (bicyclic) bond motifs is 1. The molecule has 2 aromatic heterocycles. The molecule has 0 radical (unpaired) electrons. The van der Waals surface area contributed by atoms with Crippen molar-refractivity contribution in [1.82, 2.24) is 9.55 Å². The molecule has 2 heterocycles. The van der Waals surface area contributed by atoms with Gasteiger partial charge in [0.2, 0.25) is 5.91 Å². The minimum absolute atomic E-state index is 0.0586. The summed E-state index contributed by atoms with van der Waals surface area (Å²) in [6, 6.07) is 18.2. The fraction of sp³-hybridized carbons (Fsp3) is 0.130. The Bertz CT molecular complexity index is 1250. The number of para-hydroxylation sites is 1. The molecule has 0 aliphatic carbocycles. The molecule has 0 unspecified atom stereocenters. The van der Waals surface area contributed by atoms with Crippen LogP contribution in [0.5, 0.6) is 0 Å². The van der Waals surface area contributed by atoms with Crippen molar-refractivity contribution in [2.45, 2.75) is 29.7 Å². The normalized spacial score (nSPS) is 10.9. The second-order valence-corrected chi connectivity index (χ2v) is 7.99. The van der Waals surface area contributed by atoms with E-state index in [0.29, 0.717) is 23.5 Å². The molecule has 4 aromatic rings. The van der Waals surface area contributed by atoms with E-state index in [2.05, 4.69) is 14.9 Å². The first-order chi connectivity index (χ1) is 15.0. The van der Waals surface area contributed by atoms with Crippen LogP contribution in [0.2, 0.25) is 0 Å². The first kappa shape index (κ1) is 20.6. The van der Waals surface area contributed by atoms with Crippen LogP contribution in [-0.4, -0.2) is 20.4 Å². The van der Waals surface area contributed by atoms with Crippen LogP contribution in [0.3, 0.4) is 0 Å². The van der Waals surface area contributed by atoms with Crippen LogP contribution >= 0.6 is 11.8 Å². The Morgan fingerprint density at radius 3 is 2.68 bits per heavy atom. The van der Waals surface area contributed by atoms with Gasteiger partial charge in [0.15, 0.2) is 0 Å². The van der Waals surface area contributed by atoms with E-state index in [4.69, 9.17) is 0 Å². The van der Waals surface area contributed by atoms with Gasteiger partial charge in [0.1, 0.15) is 0 Å². The molecule has 0 bridgehead atoms. The quantitative estimate of drug-likeness (QED) is 0.308. The van der Waals surface area contributed by atoms with Crippen LogP contribution in [0, 0.1) is 10.1 Å². The standard InChI is InChI=1S/C23H20N4O3S/c1-2-23(28)25-16-10-11-18-20(13-16)26(14-17-7-5-6-12-24-17)15-22(18)31-21-9-4-3-8-19(21)27(29)30/h3-13,15H,2,14H2,1H3,(H,25,28). The van der Waals surface area contributed by atoms with Crippen LogP contribution in [0.15, 0.2) is 82.8 Å². The second-order valence-electron chi connectivity index (χ2n) is 6.90. The van der Waals surface area contributed by atoms with E-state index in [1.165, 1.54) is 17.8 Å². The number of rotatable bonds is 7. The van der Waals surface area contributed by atoms with Crippen LogP contribution in [0.25, 0.3) is 10.9 Å². The van der Waals surface area contributed by atoms with Gasteiger partial charge >= 0.3 is 0 Å². The predicted molar refractivity (Wildman–Crippen MR) is 121 cm³/mol. The van der Waals surface area contributed by atoms with E-state index >= 15 is 0 Å². The predicted octanol–water partition coefficient (Wildman–Crippen LogP) is 5.49. The first-order valence-corrected chi connectivity index (χ1v) is 10.6. The molecule has 0 aliphatic rings. The number of amides is 1. The molecule has 2 aromatic carbocycles. The number of hydrogen-bond acceptors (Lipinski definition) is 5. The van der Waals surface area contributed by atoms with Crippen molar-refractivity contribution in [2.24, 2.45) is 0 Å². The molecule has 0 fully saturated rings. The third-order valence-electron chi connectivity index (χ3n) is 4.79. The van der Waals surface area contributed by atoms with Gasteiger partial charge in [-0.25, -0.2) is 0 Å². The summed E-state index contributed by atoms with van der Waals surface area (Å²) in [7, 11) is 0. The molecule has 8 heteroatoms. The molecule has 4 rings (SSSR count). The van der Waals surface area contributed by atoms with Gasteiger partial charge in [0.25, 0.3) is 5.69 Å². The Kier molecular flexibility index (Phi) is 5.99. The van der Waals surface area contributed by atoms with Gasteiger partial charge in [-0.2, -0.15) is 0 Å². The van der Waals surface area contributed by atoms with E-state index in [9.17, 15) is 14.9 Å². The first-order valence-electron chi connectivity index (χ1n) is 9.79. The summed E-state index contributed by atoms with van der Waals surface area (Å²) in [6.45, 7) is 2.35. The molecule has 1 amide bonds. The molecular weight excluding hydrogens is 412 g/mol. The lowest BCUT2D eigenvalue weighted by molar-refractivity contribution is -0.387. The van der Waals surface area contributed by atoms with E-state index < -0.39 is 0 Å². The Labute approximate surface area is 183 Å². The lowest BCUT2D eigenvalue weighted by atomic mass is 10.2. The van der Waals surface area contributed by atoms with Crippen molar-refractivity contribution >= 4 is 39.9 Å². The number of carbonyl (C=O) groups excluding carboxylic acids is 1. The summed E-state index contributed by atoms with van der Waals surface area (Å²) in [5.74, 6) is -0.0586. The minimum Gasteiger partial charge on any atom is -0.340 e. The number of nitrogens with one attached hydrogen (secondary N) is 1. The van der Waals surface area contributed by atoms with E-state index in [0.717, 1.165) is 21.5 Å². The molecule has 0 spiro atoms. The molecule has 156 valence electrons. The number of anilines is 1. The van der Waals surface area contributed by atoms with E-state index in [1.54, 1.807) is 31.3 Å². The minimum atomic E-state index is -0.367. The van der Waals surface area contributed by atoms with Crippen LogP contribution in [0.4, 0.5) is 11.4 Å². The zero-order chi connectivity index (χ0) is 21.8. The lowest BCUT2D eigenvalue weighted by Gasteiger charge is -2.07. The number of aromatic nitrogens is 2. The van der Waals surface area contributed by atoms with Gasteiger partial charge in [0.05, 0.1) is 27.6 Å². The third-order valence-corrected chi connectivity index (χ3v) is 5.90. The highest BCUT2D eigenvalue weighted by Crippen LogP contribution is 2.40. The number of pyridine rings is 1. The van der Waals surface area contributed by atoms with Gasteiger partial charge in [-0.15, -0.1) is 0 Å². The second kappa shape index (κ2) is 9.01. The third kappa shape index (κ3) is 4.59. The molecule has 0 saturated heterocycles. The summed E-state index contributed by atoms with van der Waals surface area (Å²) in [5, 5.41) is 15.3. The number of benzene rings is 2. The highest BCUT2D eigenvalue weighted by molar-refractivity contribution is 7.99. The van der Waals surface area contributed by atoms with Crippen molar-refractivity contribution in [3.8, 4) is 0 Å². The molecule has 31 heavy (non-hydrogen) atoms. The van der Waals surface area contributed by atoms with Crippen LogP contribution in [0.1, 0.15) is 19.0 Å². The number of nitro benzene ring substituents is 1. The summed E-state index contributed by atoms with van der Waals surface area (Å²) in [5.41, 5.74) is 2.59. The Morgan fingerprint density at radius 2 is 1.94 bits per heavy atom. The maximum absolute atomic E-state index is 11.8. The van der Waals surface area contributed by atoms with Gasteiger partial charge in [-0.1, -0.05) is 36.9 Å². The molecule has 0 saturated carbocycles. The number of nitro groups is 1. The van der Waals surface area contributed by atoms with Crippen molar-refractivity contribution in [3.63, 3.8) is 0 Å². The van der Waals surface area contributed by atoms with Crippen molar-refractivity contribution in [3.05, 3.63) is 88.9 Å². The van der Waals surface area contributed by atoms with Gasteiger partial charge < -0.3 is 9.88 Å². The van der Waals surface area contributed by atoms with Crippen molar-refractivity contribution in [1.29, 1.82) is 0 Å². The highest BCUT2D eigenvalue weighted by atomic mass is 32.2. The lowest BCUT2D eigenvalue weighted by Crippen LogP contribution is -2.09. The number of hydrogen-bond donors (Lipinski definition) is 1. The summed E-state index contributed by atoms with van der Waals surface area (Å²) in [6.07, 6.45) is 4.12. The Balaban J connectivity index is 1.78. The van der Waals surface area contributed by atoms with Crippen LogP contribution < -0.4 is 5.32 Å². The molecular formula is C23H20N4O3S. The molecule has 1 N–H and O–H groups in total. The largest absolute Gasteiger partial charge is 0.340 e. The molecule has 0 aliphatic heterocycles. The highest BCUT2D eigenvalue weighted by Gasteiger charge is 2.17. The summed E-state index contributed by atoms with van der Waals surface area (Å²) >= 11 is 1.36. The monoisotopic (exact) mass is 432 g/mol. The summed E-state index contributed by atoms with van der Waals surface area (Å²) < 4.78 is 2.05. The topological polar surface area (TPSA) is 90.1 Å². The fourth-order valence-corrected chi connectivity index (χ4v) is 4.37. The average molecular weight is 433 g/mol. The van der Waals surface area contributed by atoms with E-state index in [1.807, 2.05) is 42.6 Å². The zero-order valence-electron chi connectivity index (χ0n) is 16.8. The SMILES string of the molecule is CCC(=O)Nc1ccc2c(Sc3ccccc3[N+](=O)[O-])cn(Cc3ccccn3)c2c1. The Hall–Kier alpha value is -3.65. The van der Waals surface area contributed by atoms with Gasteiger partial charge in [0, 0.05) is 40.8 Å². The zero-order valence-corrected chi connectivity index (χ0v) is 17.6. The smallest absolute Gasteiger partial charge is 0.283 e. The number of nitrogens with zero attached hydrogens (tertiary/aromatic N) is 3. The number of carbonyl (C=O) groups is 1. The molecule has 0 atom stereocenters. The summed E-state index contributed by atoms with van der Waals surface area (Å²) in [4.78, 5) is 28.8. The maximum Gasteiger partial charge on any atom is 0.283 e. The van der Waals surface area contributed by atoms with Crippen molar-refractivity contribution in [2.75, 3.05) is 5.32 Å². The van der Waals surface area contributed by atoms with E-state index in [-0.39, 0.29) is 16.5 Å². The fourth-order valence-electron chi connectivity index (χ4n) is 3.28. The van der Waals surface area contributed by atoms with Crippen molar-refractivity contribution < 1.29 is 9.72 Å². The molecule has 7 nitrogen and oxygen atoms in total. The maximum atomic E-state index is 11.8. The van der Waals surface area contributed by atoms with Gasteiger partial charge in [-0.05, 0) is 36.4 Å². The van der Waals surface area contributed by atoms with Crippen LogP contribution in [-0.2, 0) is 11.3 Å². The average Bonchev–Trinajstić information content (AvgIpc) is 3.11. The Morgan fingerprint density at radius 1 is 1.13 bits per heavy atom.